The molecule has 0 fully saturated rings. The Labute approximate surface area is 234 Å². The summed E-state index contributed by atoms with van der Waals surface area (Å²) in [5.74, 6) is 0.544. The van der Waals surface area contributed by atoms with E-state index in [0.717, 1.165) is 28.1 Å². The first-order chi connectivity index (χ1) is 19.4. The molecule has 0 aliphatic rings. The predicted molar refractivity (Wildman–Crippen MR) is 162 cm³/mol. The average Bonchev–Trinajstić information content (AvgIpc) is 2.96. The van der Waals surface area contributed by atoms with Crippen LogP contribution in [0.1, 0.15) is 41.9 Å². The minimum atomic E-state index is -0.452. The number of aryl methyl sites for hydroxylation is 2. The quantitative estimate of drug-likeness (QED) is 0.230. The number of amides is 2. The highest BCUT2D eigenvalue weighted by Gasteiger charge is 2.29. The normalized spacial score (nSPS) is 11.8. The smallest absolute Gasteiger partial charge is 0.314 e. The Hall–Kier alpha value is -4.71. The molecule has 0 saturated heterocycles. The van der Waals surface area contributed by atoms with Gasteiger partial charge in [0.2, 0.25) is 0 Å². The molecule has 5 rings (SSSR count). The van der Waals surface area contributed by atoms with Crippen LogP contribution in [0.2, 0.25) is 0 Å². The maximum Gasteiger partial charge on any atom is 0.322 e. The fraction of sp³-hybridized carbons (Fsp3) is 0.206. The Balaban J connectivity index is 1.63. The van der Waals surface area contributed by atoms with Crippen LogP contribution >= 0.6 is 0 Å². The van der Waals surface area contributed by atoms with Gasteiger partial charge in [0, 0.05) is 12.2 Å². The lowest BCUT2D eigenvalue weighted by molar-refractivity contribution is 0.182. The number of fused-ring (bicyclic) bond motifs is 1. The van der Waals surface area contributed by atoms with E-state index in [-0.39, 0.29) is 11.6 Å². The number of hydrogen-bond acceptors (Lipinski definition) is 3. The van der Waals surface area contributed by atoms with Gasteiger partial charge >= 0.3 is 6.03 Å². The van der Waals surface area contributed by atoms with E-state index < -0.39 is 6.04 Å². The molecule has 202 valence electrons. The Morgan fingerprint density at radius 2 is 1.60 bits per heavy atom. The van der Waals surface area contributed by atoms with E-state index in [9.17, 15) is 9.59 Å². The number of hydrogen-bond donors (Lipinski definition) is 1. The molecule has 1 N–H and O–H groups in total. The number of nitrogens with zero attached hydrogens (tertiary/aromatic N) is 3. The monoisotopic (exact) mass is 530 g/mol. The summed E-state index contributed by atoms with van der Waals surface area (Å²) in [5, 5.41) is 3.64. The van der Waals surface area contributed by atoms with Gasteiger partial charge in [0.25, 0.3) is 5.56 Å². The average molecular weight is 531 g/mol. The second-order valence-corrected chi connectivity index (χ2v) is 10.1. The van der Waals surface area contributed by atoms with E-state index in [1.807, 2.05) is 111 Å². The number of benzene rings is 4. The van der Waals surface area contributed by atoms with Gasteiger partial charge in [0.05, 0.1) is 22.6 Å². The SMILES string of the molecule is CCC(c1nc2ccccc2c(=O)n1-c1ccc(C)cc1)N(CCc1ccccc1)C(=O)Nc1cccc(C)c1. The van der Waals surface area contributed by atoms with Crippen LogP contribution in [-0.2, 0) is 6.42 Å². The molecule has 1 aromatic heterocycles. The second kappa shape index (κ2) is 12.0. The van der Waals surface area contributed by atoms with Gasteiger partial charge in [0.1, 0.15) is 5.82 Å². The summed E-state index contributed by atoms with van der Waals surface area (Å²) in [5.41, 5.74) is 5.21. The fourth-order valence-electron chi connectivity index (χ4n) is 5.07. The fourth-order valence-corrected chi connectivity index (χ4v) is 5.07. The molecule has 0 saturated carbocycles. The van der Waals surface area contributed by atoms with Crippen LogP contribution in [0.5, 0.6) is 0 Å². The molecule has 40 heavy (non-hydrogen) atoms. The Bertz CT molecular complexity index is 1680. The lowest BCUT2D eigenvalue weighted by atomic mass is 10.1. The Kier molecular flexibility index (Phi) is 8.06. The molecular weight excluding hydrogens is 496 g/mol. The summed E-state index contributed by atoms with van der Waals surface area (Å²) in [6.45, 7) is 6.50. The predicted octanol–water partition coefficient (Wildman–Crippen LogP) is 7.23. The molecule has 6 heteroatoms. The molecule has 0 aliphatic carbocycles. The van der Waals surface area contributed by atoms with Crippen molar-refractivity contribution in [2.24, 2.45) is 0 Å². The molecule has 0 bridgehead atoms. The number of urea groups is 1. The standard InChI is InChI=1S/C34H34N4O2/c1-4-31(32-36-30-16-9-8-15-29(30)33(39)38(32)28-19-17-24(2)18-20-28)37(22-21-26-12-6-5-7-13-26)34(40)35-27-14-10-11-25(3)23-27/h5-20,23,31H,4,21-22H2,1-3H3,(H,35,40). The van der Waals surface area contributed by atoms with Crippen molar-refractivity contribution in [3.8, 4) is 5.69 Å². The number of anilines is 1. The van der Waals surface area contributed by atoms with Gasteiger partial charge in [-0.15, -0.1) is 0 Å². The largest absolute Gasteiger partial charge is 0.322 e. The highest BCUT2D eigenvalue weighted by molar-refractivity contribution is 5.89. The lowest BCUT2D eigenvalue weighted by Gasteiger charge is -2.32. The van der Waals surface area contributed by atoms with Crippen molar-refractivity contribution in [1.82, 2.24) is 14.5 Å². The van der Waals surface area contributed by atoms with Crippen LogP contribution in [0.4, 0.5) is 10.5 Å². The molecule has 1 atom stereocenters. The molecule has 2 amide bonds. The Morgan fingerprint density at radius 1 is 0.875 bits per heavy atom. The minimum absolute atomic E-state index is 0.148. The second-order valence-electron chi connectivity index (χ2n) is 10.1. The molecule has 1 unspecified atom stereocenters. The van der Waals surface area contributed by atoms with Gasteiger partial charge < -0.3 is 10.2 Å². The summed E-state index contributed by atoms with van der Waals surface area (Å²) in [6, 6.07) is 32.4. The van der Waals surface area contributed by atoms with Crippen LogP contribution in [0, 0.1) is 13.8 Å². The third-order valence-corrected chi connectivity index (χ3v) is 7.17. The zero-order valence-corrected chi connectivity index (χ0v) is 23.2. The topological polar surface area (TPSA) is 67.2 Å². The Morgan fingerprint density at radius 3 is 2.33 bits per heavy atom. The summed E-state index contributed by atoms with van der Waals surface area (Å²) in [4.78, 5) is 34.8. The molecule has 6 nitrogen and oxygen atoms in total. The van der Waals surface area contributed by atoms with Crippen LogP contribution in [0.3, 0.4) is 0 Å². The minimum Gasteiger partial charge on any atom is -0.314 e. The van der Waals surface area contributed by atoms with Crippen LogP contribution in [-0.4, -0.2) is 27.0 Å². The first-order valence-corrected chi connectivity index (χ1v) is 13.7. The van der Waals surface area contributed by atoms with Crippen LogP contribution in [0.25, 0.3) is 16.6 Å². The first kappa shape index (κ1) is 26.9. The number of carbonyl (C=O) groups excluding carboxylic acids is 1. The lowest BCUT2D eigenvalue weighted by Crippen LogP contribution is -2.42. The number of para-hydroxylation sites is 1. The third kappa shape index (κ3) is 5.81. The molecule has 0 aliphatic heterocycles. The summed E-state index contributed by atoms with van der Waals surface area (Å²) in [6.07, 6.45) is 1.24. The van der Waals surface area contributed by atoms with Gasteiger partial charge in [-0.3, -0.25) is 9.36 Å². The number of rotatable bonds is 8. The molecule has 5 aromatic rings. The van der Waals surface area contributed by atoms with Crippen molar-refractivity contribution in [3.63, 3.8) is 0 Å². The number of carbonyl (C=O) groups is 1. The highest BCUT2D eigenvalue weighted by atomic mass is 16.2. The van der Waals surface area contributed by atoms with Crippen molar-refractivity contribution in [2.45, 2.75) is 39.7 Å². The van der Waals surface area contributed by atoms with Crippen LogP contribution in [0.15, 0.2) is 108 Å². The van der Waals surface area contributed by atoms with E-state index >= 15 is 0 Å². The van der Waals surface area contributed by atoms with Crippen molar-refractivity contribution in [3.05, 3.63) is 136 Å². The van der Waals surface area contributed by atoms with Crippen molar-refractivity contribution >= 4 is 22.6 Å². The van der Waals surface area contributed by atoms with Crippen LogP contribution < -0.4 is 10.9 Å². The first-order valence-electron chi connectivity index (χ1n) is 13.7. The van der Waals surface area contributed by atoms with E-state index in [2.05, 4.69) is 17.4 Å². The maximum atomic E-state index is 14.0. The highest BCUT2D eigenvalue weighted by Crippen LogP contribution is 2.27. The zero-order chi connectivity index (χ0) is 28.1. The van der Waals surface area contributed by atoms with Gasteiger partial charge in [0.15, 0.2) is 0 Å². The summed E-state index contributed by atoms with van der Waals surface area (Å²) in [7, 11) is 0. The number of aromatic nitrogens is 2. The van der Waals surface area contributed by atoms with Gasteiger partial charge in [-0.2, -0.15) is 0 Å². The maximum absolute atomic E-state index is 14.0. The molecule has 0 radical (unpaired) electrons. The van der Waals surface area contributed by atoms with E-state index in [1.54, 1.807) is 10.6 Å². The zero-order valence-electron chi connectivity index (χ0n) is 23.2. The molecular formula is C34H34N4O2. The molecule has 1 heterocycles. The third-order valence-electron chi connectivity index (χ3n) is 7.17. The van der Waals surface area contributed by atoms with E-state index in [1.165, 1.54) is 0 Å². The van der Waals surface area contributed by atoms with E-state index in [4.69, 9.17) is 4.98 Å². The summed E-state index contributed by atoms with van der Waals surface area (Å²) < 4.78 is 1.67. The van der Waals surface area contributed by atoms with Crippen molar-refractivity contribution in [1.29, 1.82) is 0 Å². The van der Waals surface area contributed by atoms with Gasteiger partial charge in [-0.1, -0.05) is 79.2 Å². The molecule has 4 aromatic carbocycles. The van der Waals surface area contributed by atoms with Gasteiger partial charge in [-0.05, 0) is 74.2 Å². The summed E-state index contributed by atoms with van der Waals surface area (Å²) >= 11 is 0. The van der Waals surface area contributed by atoms with Gasteiger partial charge in [-0.25, -0.2) is 9.78 Å². The van der Waals surface area contributed by atoms with E-state index in [0.29, 0.717) is 36.1 Å². The van der Waals surface area contributed by atoms with Crippen molar-refractivity contribution < 1.29 is 4.79 Å². The molecule has 0 spiro atoms. The van der Waals surface area contributed by atoms with Crippen molar-refractivity contribution in [2.75, 3.05) is 11.9 Å². The number of nitrogens with one attached hydrogen (secondary N) is 1.